The van der Waals surface area contributed by atoms with Gasteiger partial charge in [0.1, 0.15) is 0 Å². The molecular formula is C8H17NO3S. The molecule has 78 valence electrons. The van der Waals surface area contributed by atoms with Crippen molar-refractivity contribution in [2.75, 3.05) is 6.61 Å². The van der Waals surface area contributed by atoms with Crippen LogP contribution in [0.1, 0.15) is 33.6 Å². The Hall–Kier alpha value is -0.130. The highest BCUT2D eigenvalue weighted by atomic mass is 32.2. The van der Waals surface area contributed by atoms with Gasteiger partial charge in [-0.2, -0.15) is 0 Å². The zero-order chi connectivity index (χ0) is 10.3. The van der Waals surface area contributed by atoms with Crippen LogP contribution in [0.25, 0.3) is 0 Å². The first kappa shape index (κ1) is 10.9. The van der Waals surface area contributed by atoms with Crippen LogP contribution in [0.5, 0.6) is 0 Å². The predicted molar refractivity (Wildman–Crippen MR) is 50.9 cm³/mol. The quantitative estimate of drug-likeness (QED) is 0.693. The van der Waals surface area contributed by atoms with Gasteiger partial charge in [-0.15, -0.1) is 0 Å². The Morgan fingerprint density at radius 3 is 2.23 bits per heavy atom. The molecule has 0 amide bonds. The first-order valence-corrected chi connectivity index (χ1v) is 5.85. The lowest BCUT2D eigenvalue weighted by Crippen LogP contribution is -2.49. The molecule has 0 aromatic rings. The lowest BCUT2D eigenvalue weighted by atomic mass is 10.1. The van der Waals surface area contributed by atoms with E-state index in [1.54, 1.807) is 20.8 Å². The lowest BCUT2D eigenvalue weighted by Gasteiger charge is -2.25. The molecule has 1 fully saturated rings. The molecular weight excluding hydrogens is 190 g/mol. The molecule has 0 radical (unpaired) electrons. The summed E-state index contributed by atoms with van der Waals surface area (Å²) in [5, 5.41) is 8.92. The van der Waals surface area contributed by atoms with Crippen molar-refractivity contribution >= 4 is 10.0 Å². The van der Waals surface area contributed by atoms with Gasteiger partial charge in [0.25, 0.3) is 0 Å². The maximum atomic E-state index is 11.7. The van der Waals surface area contributed by atoms with E-state index in [0.29, 0.717) is 12.8 Å². The third kappa shape index (κ3) is 2.21. The minimum atomic E-state index is -3.27. The third-order valence-electron chi connectivity index (χ3n) is 2.41. The molecule has 5 heteroatoms. The molecule has 13 heavy (non-hydrogen) atoms. The summed E-state index contributed by atoms with van der Waals surface area (Å²) >= 11 is 0. The zero-order valence-electron chi connectivity index (χ0n) is 8.29. The van der Waals surface area contributed by atoms with Gasteiger partial charge in [-0.3, -0.25) is 0 Å². The van der Waals surface area contributed by atoms with Crippen molar-refractivity contribution in [1.29, 1.82) is 0 Å². The highest BCUT2D eigenvalue weighted by Crippen LogP contribution is 2.42. The minimum absolute atomic E-state index is 0.192. The second kappa shape index (κ2) is 2.93. The van der Waals surface area contributed by atoms with Gasteiger partial charge in [-0.25, -0.2) is 13.1 Å². The van der Waals surface area contributed by atoms with Gasteiger partial charge < -0.3 is 5.11 Å². The van der Waals surface area contributed by atoms with E-state index in [4.69, 9.17) is 5.11 Å². The van der Waals surface area contributed by atoms with Gasteiger partial charge >= 0.3 is 0 Å². The Kier molecular flexibility index (Phi) is 2.47. The molecule has 2 N–H and O–H groups in total. The van der Waals surface area contributed by atoms with Crippen molar-refractivity contribution in [3.05, 3.63) is 0 Å². The fourth-order valence-corrected chi connectivity index (χ4v) is 2.64. The average Bonchev–Trinajstić information content (AvgIpc) is 2.67. The summed E-state index contributed by atoms with van der Waals surface area (Å²) in [6, 6.07) is 0. The number of aliphatic hydroxyl groups excluding tert-OH is 1. The fraction of sp³-hybridized carbons (Fsp3) is 1.00. The molecule has 0 unspecified atom stereocenters. The molecule has 1 saturated carbocycles. The molecule has 1 aliphatic rings. The van der Waals surface area contributed by atoms with E-state index < -0.39 is 20.3 Å². The van der Waals surface area contributed by atoms with Gasteiger partial charge in [0.05, 0.1) is 16.9 Å². The summed E-state index contributed by atoms with van der Waals surface area (Å²) < 4.78 is 25.2. The maximum Gasteiger partial charge on any atom is 0.217 e. The summed E-state index contributed by atoms with van der Waals surface area (Å²) in [5.74, 6) is 0. The van der Waals surface area contributed by atoms with Crippen LogP contribution < -0.4 is 4.72 Å². The van der Waals surface area contributed by atoms with Crippen LogP contribution in [0.2, 0.25) is 0 Å². The molecule has 0 bridgehead atoms. The Morgan fingerprint density at radius 2 is 1.92 bits per heavy atom. The van der Waals surface area contributed by atoms with Crippen LogP contribution >= 0.6 is 0 Å². The van der Waals surface area contributed by atoms with E-state index in [9.17, 15) is 8.42 Å². The van der Waals surface area contributed by atoms with Crippen LogP contribution in [-0.2, 0) is 10.0 Å². The first-order valence-electron chi connectivity index (χ1n) is 4.37. The molecule has 0 spiro atoms. The average molecular weight is 207 g/mol. The van der Waals surface area contributed by atoms with Crippen molar-refractivity contribution in [3.8, 4) is 0 Å². The predicted octanol–water partition coefficient (Wildman–Crippen LogP) is 0.229. The second-order valence-electron chi connectivity index (χ2n) is 4.60. The first-order chi connectivity index (χ1) is 5.72. The largest absolute Gasteiger partial charge is 0.394 e. The molecule has 1 rings (SSSR count). The summed E-state index contributed by atoms with van der Waals surface area (Å²) in [4.78, 5) is 0. The zero-order valence-corrected chi connectivity index (χ0v) is 9.11. The summed E-state index contributed by atoms with van der Waals surface area (Å²) in [6.45, 7) is 4.86. The third-order valence-corrected chi connectivity index (χ3v) is 4.94. The van der Waals surface area contributed by atoms with Gasteiger partial charge in [-0.05, 0) is 33.6 Å². The normalized spacial score (nSPS) is 21.5. The highest BCUT2D eigenvalue weighted by molar-refractivity contribution is 7.91. The highest BCUT2D eigenvalue weighted by Gasteiger charge is 2.51. The summed E-state index contributed by atoms with van der Waals surface area (Å²) in [7, 11) is -3.27. The van der Waals surface area contributed by atoms with Crippen LogP contribution in [0.3, 0.4) is 0 Å². The van der Waals surface area contributed by atoms with Crippen LogP contribution in [0, 0.1) is 0 Å². The number of hydrogen-bond acceptors (Lipinski definition) is 3. The van der Waals surface area contributed by atoms with Crippen molar-refractivity contribution in [2.45, 2.75) is 43.9 Å². The lowest BCUT2D eigenvalue weighted by molar-refractivity contribution is 0.208. The smallest absolute Gasteiger partial charge is 0.217 e. The van der Waals surface area contributed by atoms with Crippen molar-refractivity contribution < 1.29 is 13.5 Å². The molecule has 0 aliphatic heterocycles. The van der Waals surface area contributed by atoms with Crippen molar-refractivity contribution in [1.82, 2.24) is 4.72 Å². The maximum absolute atomic E-state index is 11.7. The van der Waals surface area contributed by atoms with E-state index in [1.165, 1.54) is 0 Å². The molecule has 0 atom stereocenters. The van der Waals surface area contributed by atoms with Crippen LogP contribution in [0.4, 0.5) is 0 Å². The van der Waals surface area contributed by atoms with Gasteiger partial charge in [0, 0.05) is 0 Å². The van der Waals surface area contributed by atoms with E-state index in [-0.39, 0.29) is 6.61 Å². The summed E-state index contributed by atoms with van der Waals surface area (Å²) in [6.07, 6.45) is 1.42. The van der Waals surface area contributed by atoms with Crippen LogP contribution in [-0.4, -0.2) is 30.4 Å². The Labute approximate surface area is 79.4 Å². The van der Waals surface area contributed by atoms with Crippen molar-refractivity contribution in [2.24, 2.45) is 0 Å². The van der Waals surface area contributed by atoms with E-state index in [2.05, 4.69) is 4.72 Å². The number of rotatable bonds is 4. The number of nitrogens with one attached hydrogen (secondary N) is 1. The summed E-state index contributed by atoms with van der Waals surface area (Å²) in [5.41, 5.74) is -0.759. The van der Waals surface area contributed by atoms with Gasteiger partial charge in [0.2, 0.25) is 10.0 Å². The molecule has 0 aromatic carbocycles. The van der Waals surface area contributed by atoms with E-state index in [1.807, 2.05) is 0 Å². The van der Waals surface area contributed by atoms with Gasteiger partial charge in [0.15, 0.2) is 0 Å². The molecule has 4 nitrogen and oxygen atoms in total. The van der Waals surface area contributed by atoms with E-state index >= 15 is 0 Å². The molecule has 0 saturated heterocycles. The minimum Gasteiger partial charge on any atom is -0.394 e. The standard InChI is InChI=1S/C8H17NO3S/c1-7(2,6-10)9-13(11,12)8(3)4-5-8/h9-10H,4-6H2,1-3H3. The molecule has 1 aliphatic carbocycles. The second-order valence-corrected chi connectivity index (χ2v) is 6.79. The van der Waals surface area contributed by atoms with Gasteiger partial charge in [-0.1, -0.05) is 0 Å². The Morgan fingerprint density at radius 1 is 1.46 bits per heavy atom. The topological polar surface area (TPSA) is 66.4 Å². The van der Waals surface area contributed by atoms with E-state index in [0.717, 1.165) is 0 Å². The molecule has 0 aromatic heterocycles. The number of aliphatic hydroxyl groups is 1. The van der Waals surface area contributed by atoms with Crippen LogP contribution in [0.15, 0.2) is 0 Å². The fourth-order valence-electron chi connectivity index (χ4n) is 0.964. The Balaban J connectivity index is 2.74. The SMILES string of the molecule is CC(C)(CO)NS(=O)(=O)C1(C)CC1. The Bertz CT molecular complexity index is 291. The monoisotopic (exact) mass is 207 g/mol. The number of hydrogen-bond donors (Lipinski definition) is 2. The molecule has 0 heterocycles. The number of sulfonamides is 1. The van der Waals surface area contributed by atoms with Crippen molar-refractivity contribution in [3.63, 3.8) is 0 Å².